The van der Waals surface area contributed by atoms with Crippen LogP contribution in [0.1, 0.15) is 0 Å². The van der Waals surface area contributed by atoms with Crippen molar-refractivity contribution in [2.24, 2.45) is 0 Å². The van der Waals surface area contributed by atoms with Crippen molar-refractivity contribution in [1.82, 2.24) is 10.2 Å². The van der Waals surface area contributed by atoms with E-state index in [1.165, 1.54) is 0 Å². The van der Waals surface area contributed by atoms with E-state index < -0.39 is 6.23 Å². The lowest BCUT2D eigenvalue weighted by molar-refractivity contribution is 0.0387. The summed E-state index contributed by atoms with van der Waals surface area (Å²) in [4.78, 5) is 2.23. The zero-order chi connectivity index (χ0) is 9.68. The van der Waals surface area contributed by atoms with Gasteiger partial charge in [-0.2, -0.15) is 0 Å². The molecule has 76 valence electrons. The third-order valence-corrected chi connectivity index (χ3v) is 2.19. The minimum atomic E-state index is -0.595. The van der Waals surface area contributed by atoms with Crippen molar-refractivity contribution >= 4 is 0 Å². The van der Waals surface area contributed by atoms with Crippen LogP contribution >= 0.6 is 0 Å². The number of ether oxygens (including phenoxy) is 1. The number of hydrogen-bond acceptors (Lipinski definition) is 4. The van der Waals surface area contributed by atoms with Gasteiger partial charge in [0.25, 0.3) is 0 Å². The number of hydrogen-bond donors (Lipinski definition) is 2. The summed E-state index contributed by atoms with van der Waals surface area (Å²) in [7, 11) is 1.72. The fourth-order valence-electron chi connectivity index (χ4n) is 1.34. The molecule has 1 fully saturated rings. The number of likely N-dealkylation sites (N-methyl/N-ethyl adjacent to an activating group) is 1. The van der Waals surface area contributed by atoms with Crippen molar-refractivity contribution in [3.05, 3.63) is 12.2 Å². The van der Waals surface area contributed by atoms with Gasteiger partial charge < -0.3 is 9.84 Å². The van der Waals surface area contributed by atoms with E-state index in [1.807, 2.05) is 0 Å². The van der Waals surface area contributed by atoms with Gasteiger partial charge in [-0.3, -0.25) is 10.2 Å². The molecule has 0 aliphatic carbocycles. The van der Waals surface area contributed by atoms with E-state index in [1.54, 1.807) is 7.05 Å². The minimum absolute atomic E-state index is 0.595. The molecule has 0 amide bonds. The number of aliphatic hydroxyl groups is 1. The zero-order valence-corrected chi connectivity index (χ0v) is 8.12. The Labute approximate surface area is 79.2 Å². The van der Waals surface area contributed by atoms with Gasteiger partial charge in [-0.1, -0.05) is 6.58 Å². The van der Waals surface area contributed by atoms with E-state index in [2.05, 4.69) is 16.8 Å². The predicted octanol–water partition coefficient (Wildman–Crippen LogP) is -0.587. The first-order valence-electron chi connectivity index (χ1n) is 4.57. The second-order valence-corrected chi connectivity index (χ2v) is 3.24. The van der Waals surface area contributed by atoms with E-state index in [0.717, 1.165) is 38.4 Å². The topological polar surface area (TPSA) is 44.7 Å². The lowest BCUT2D eigenvalue weighted by Gasteiger charge is -2.28. The smallest absolute Gasteiger partial charge is 0.127 e. The van der Waals surface area contributed by atoms with Crippen molar-refractivity contribution in [3.8, 4) is 0 Å². The Hall–Kier alpha value is -0.420. The molecule has 1 aliphatic rings. The summed E-state index contributed by atoms with van der Waals surface area (Å²) in [6.07, 6.45) is -0.595. The Morgan fingerprint density at radius 3 is 2.77 bits per heavy atom. The highest BCUT2D eigenvalue weighted by atomic mass is 16.5. The van der Waals surface area contributed by atoms with Crippen molar-refractivity contribution in [2.75, 3.05) is 39.9 Å². The van der Waals surface area contributed by atoms with E-state index in [9.17, 15) is 5.11 Å². The second-order valence-electron chi connectivity index (χ2n) is 3.24. The predicted molar refractivity (Wildman–Crippen MR) is 51.5 cm³/mol. The molecular weight excluding hydrogens is 168 g/mol. The average Bonchev–Trinajstić information content (AvgIpc) is 2.18. The van der Waals surface area contributed by atoms with E-state index in [-0.39, 0.29) is 0 Å². The Morgan fingerprint density at radius 1 is 1.62 bits per heavy atom. The normalized spacial score (nSPS) is 21.4. The van der Waals surface area contributed by atoms with Crippen LogP contribution in [-0.2, 0) is 4.74 Å². The minimum Gasteiger partial charge on any atom is -0.379 e. The van der Waals surface area contributed by atoms with Gasteiger partial charge in [0.2, 0.25) is 0 Å². The Balaban J connectivity index is 2.26. The van der Waals surface area contributed by atoms with Gasteiger partial charge in [0.05, 0.1) is 13.2 Å². The third kappa shape index (κ3) is 3.44. The summed E-state index contributed by atoms with van der Waals surface area (Å²) in [6.45, 7) is 7.98. The van der Waals surface area contributed by atoms with E-state index in [0.29, 0.717) is 0 Å². The van der Waals surface area contributed by atoms with Gasteiger partial charge in [-0.15, -0.1) is 0 Å². The molecule has 2 N–H and O–H groups in total. The maximum Gasteiger partial charge on any atom is 0.127 e. The standard InChI is InChI=1S/C9H18N2O2/c1-8(9(12)10-2)7-11-3-5-13-6-4-11/h9-10,12H,1,3-7H2,2H3. The summed E-state index contributed by atoms with van der Waals surface area (Å²) in [6, 6.07) is 0. The van der Waals surface area contributed by atoms with Crippen LogP contribution in [-0.4, -0.2) is 56.1 Å². The number of morpholine rings is 1. The SMILES string of the molecule is C=C(CN1CCOCC1)C(O)NC. The molecule has 4 nitrogen and oxygen atoms in total. The summed E-state index contributed by atoms with van der Waals surface area (Å²) in [5, 5.41) is 12.1. The van der Waals surface area contributed by atoms with Crippen LogP contribution in [0.3, 0.4) is 0 Å². The van der Waals surface area contributed by atoms with Crippen LogP contribution in [0.15, 0.2) is 12.2 Å². The van der Waals surface area contributed by atoms with Crippen LogP contribution in [0.5, 0.6) is 0 Å². The molecule has 4 heteroatoms. The number of nitrogens with zero attached hydrogens (tertiary/aromatic N) is 1. The Bertz CT molecular complexity index is 167. The lowest BCUT2D eigenvalue weighted by Crippen LogP contribution is -2.40. The molecule has 0 aromatic carbocycles. The lowest BCUT2D eigenvalue weighted by atomic mass is 10.2. The molecule has 1 unspecified atom stereocenters. The van der Waals surface area contributed by atoms with Gasteiger partial charge in [-0.05, 0) is 12.6 Å². The number of nitrogens with one attached hydrogen (secondary N) is 1. The molecule has 1 aliphatic heterocycles. The quantitative estimate of drug-likeness (QED) is 0.455. The third-order valence-electron chi connectivity index (χ3n) is 2.19. The number of aliphatic hydroxyl groups excluding tert-OH is 1. The molecule has 0 aromatic rings. The highest BCUT2D eigenvalue weighted by Crippen LogP contribution is 2.03. The van der Waals surface area contributed by atoms with Crippen LogP contribution in [0.2, 0.25) is 0 Å². The maximum absolute atomic E-state index is 9.39. The van der Waals surface area contributed by atoms with Crippen molar-refractivity contribution in [2.45, 2.75) is 6.23 Å². The zero-order valence-electron chi connectivity index (χ0n) is 8.12. The molecule has 0 spiro atoms. The molecule has 1 atom stereocenters. The molecular formula is C9H18N2O2. The molecule has 0 saturated carbocycles. The van der Waals surface area contributed by atoms with Crippen molar-refractivity contribution in [1.29, 1.82) is 0 Å². The number of rotatable bonds is 4. The van der Waals surface area contributed by atoms with Gasteiger partial charge >= 0.3 is 0 Å². The first-order chi connectivity index (χ1) is 6.24. The fraction of sp³-hybridized carbons (Fsp3) is 0.778. The first-order valence-corrected chi connectivity index (χ1v) is 4.57. The monoisotopic (exact) mass is 186 g/mol. The summed E-state index contributed by atoms with van der Waals surface area (Å²) in [5.41, 5.74) is 0.810. The van der Waals surface area contributed by atoms with E-state index in [4.69, 9.17) is 4.74 Å². The largest absolute Gasteiger partial charge is 0.379 e. The first kappa shape index (κ1) is 10.7. The van der Waals surface area contributed by atoms with Crippen LogP contribution in [0.25, 0.3) is 0 Å². The highest BCUT2D eigenvalue weighted by Gasteiger charge is 2.14. The molecule has 0 aromatic heterocycles. The van der Waals surface area contributed by atoms with E-state index >= 15 is 0 Å². The average molecular weight is 186 g/mol. The van der Waals surface area contributed by atoms with Crippen LogP contribution in [0, 0.1) is 0 Å². The molecule has 0 radical (unpaired) electrons. The molecule has 13 heavy (non-hydrogen) atoms. The van der Waals surface area contributed by atoms with Gasteiger partial charge in [0.1, 0.15) is 6.23 Å². The molecule has 0 bridgehead atoms. The van der Waals surface area contributed by atoms with Crippen LogP contribution in [0.4, 0.5) is 0 Å². The highest BCUT2D eigenvalue weighted by molar-refractivity contribution is 5.03. The van der Waals surface area contributed by atoms with Gasteiger partial charge in [0, 0.05) is 19.6 Å². The Kier molecular flexibility index (Phi) is 4.38. The Morgan fingerprint density at radius 2 is 2.23 bits per heavy atom. The molecule has 1 rings (SSSR count). The van der Waals surface area contributed by atoms with Crippen LogP contribution < -0.4 is 5.32 Å². The molecule has 1 saturated heterocycles. The van der Waals surface area contributed by atoms with Crippen molar-refractivity contribution < 1.29 is 9.84 Å². The summed E-state index contributed by atoms with van der Waals surface area (Å²) < 4.78 is 5.22. The summed E-state index contributed by atoms with van der Waals surface area (Å²) in [5.74, 6) is 0. The second kappa shape index (κ2) is 5.34. The van der Waals surface area contributed by atoms with Crippen molar-refractivity contribution in [3.63, 3.8) is 0 Å². The van der Waals surface area contributed by atoms with Gasteiger partial charge in [0.15, 0.2) is 0 Å². The maximum atomic E-state index is 9.39. The summed E-state index contributed by atoms with van der Waals surface area (Å²) >= 11 is 0. The fourth-order valence-corrected chi connectivity index (χ4v) is 1.34. The molecule has 1 heterocycles. The van der Waals surface area contributed by atoms with Gasteiger partial charge in [-0.25, -0.2) is 0 Å².